The summed E-state index contributed by atoms with van der Waals surface area (Å²) in [6.07, 6.45) is 1.92. The lowest BCUT2D eigenvalue weighted by atomic mass is 9.86. The van der Waals surface area contributed by atoms with Crippen LogP contribution in [0.5, 0.6) is 11.5 Å². The average Bonchev–Trinajstić information content (AvgIpc) is 3.73. The highest BCUT2D eigenvalue weighted by atomic mass is 32.1. The van der Waals surface area contributed by atoms with Gasteiger partial charge < -0.3 is 15.0 Å². The van der Waals surface area contributed by atoms with Crippen LogP contribution in [-0.2, 0) is 10.8 Å². The molecule has 0 unspecified atom stereocenters. The lowest BCUT2D eigenvalue weighted by Gasteiger charge is -2.27. The summed E-state index contributed by atoms with van der Waals surface area (Å²) in [5, 5.41) is 8.73. The van der Waals surface area contributed by atoms with Crippen molar-refractivity contribution in [3.8, 4) is 17.3 Å². The Kier molecular flexibility index (Phi) is 8.62. The van der Waals surface area contributed by atoms with Crippen LogP contribution in [0.4, 0.5) is 22.7 Å². The Morgan fingerprint density at radius 1 is 0.589 bits per heavy atom. The number of thiophene rings is 1. The fraction of sp³-hybridized carbons (Fsp3) is 0.180. The molecular formula is C50H46N4OS. The Hall–Kier alpha value is -6.11. The van der Waals surface area contributed by atoms with Gasteiger partial charge in [-0.2, -0.15) is 0 Å². The highest BCUT2D eigenvalue weighted by Crippen LogP contribution is 2.43. The first-order valence-corrected chi connectivity index (χ1v) is 20.1. The number of nitrogens with one attached hydrogen (secondary N) is 1. The van der Waals surface area contributed by atoms with Crippen molar-refractivity contribution < 1.29 is 4.74 Å². The van der Waals surface area contributed by atoms with Crippen LogP contribution in [0.1, 0.15) is 52.7 Å². The maximum atomic E-state index is 6.84. The molecule has 6 aromatic carbocycles. The molecule has 3 aromatic heterocycles. The second kappa shape index (κ2) is 13.6. The van der Waals surface area contributed by atoms with E-state index in [-0.39, 0.29) is 10.8 Å². The maximum absolute atomic E-state index is 6.84. The summed E-state index contributed by atoms with van der Waals surface area (Å²) in [5.41, 5.74) is 8.74. The zero-order valence-corrected chi connectivity index (χ0v) is 33.8. The molecule has 0 bridgehead atoms. The fourth-order valence-corrected chi connectivity index (χ4v) is 8.85. The highest BCUT2D eigenvalue weighted by Gasteiger charge is 2.21. The fourth-order valence-electron chi connectivity index (χ4n) is 7.67. The Morgan fingerprint density at radius 3 is 2.11 bits per heavy atom. The number of pyridine rings is 1. The first kappa shape index (κ1) is 35.6. The molecule has 0 aliphatic carbocycles. The van der Waals surface area contributed by atoms with Gasteiger partial charge in [-0.05, 0) is 88.7 Å². The second-order valence-electron chi connectivity index (χ2n) is 16.7. The van der Waals surface area contributed by atoms with Gasteiger partial charge in [0.2, 0.25) is 0 Å². The minimum absolute atomic E-state index is 0.00251. The second-order valence-corrected chi connectivity index (χ2v) is 17.8. The summed E-state index contributed by atoms with van der Waals surface area (Å²) in [4.78, 5) is 7.13. The van der Waals surface area contributed by atoms with E-state index in [1.54, 1.807) is 0 Å². The molecule has 0 fully saturated rings. The number of anilines is 4. The van der Waals surface area contributed by atoms with E-state index < -0.39 is 0 Å². The number of fused-ring (bicyclic) bond motifs is 6. The Balaban J connectivity index is 1.10. The number of benzene rings is 6. The third-order valence-corrected chi connectivity index (χ3v) is 12.0. The largest absolute Gasteiger partial charge is 0.457 e. The third-order valence-electron chi connectivity index (χ3n) is 10.8. The smallest absolute Gasteiger partial charge is 0.137 e. The van der Waals surface area contributed by atoms with Gasteiger partial charge in [0.1, 0.15) is 17.3 Å². The Morgan fingerprint density at radius 2 is 1.29 bits per heavy atom. The topological polar surface area (TPSA) is 42.3 Å². The summed E-state index contributed by atoms with van der Waals surface area (Å²) >= 11 is 1.83. The first-order valence-electron chi connectivity index (χ1n) is 19.3. The van der Waals surface area contributed by atoms with Gasteiger partial charge in [0.05, 0.1) is 32.8 Å². The monoisotopic (exact) mass is 750 g/mol. The van der Waals surface area contributed by atoms with Crippen LogP contribution in [-0.4, -0.2) is 16.6 Å². The number of hydrogen-bond acceptors (Lipinski definition) is 5. The van der Waals surface area contributed by atoms with Gasteiger partial charge in [-0.3, -0.25) is 4.57 Å². The van der Waals surface area contributed by atoms with Crippen molar-refractivity contribution in [2.45, 2.75) is 52.4 Å². The molecule has 3 heterocycles. The summed E-state index contributed by atoms with van der Waals surface area (Å²) in [6, 6.07) is 49.6. The van der Waals surface area contributed by atoms with Crippen molar-refractivity contribution in [2.24, 2.45) is 0 Å². The van der Waals surface area contributed by atoms with Crippen molar-refractivity contribution in [1.82, 2.24) is 9.55 Å². The molecule has 0 radical (unpaired) electrons. The SMILES string of the molecule is CN(c1cc(Oc2ccc3c4ccccc4n(-c4cc(C(C)(C)C)ccn4)c3c2)cc(C(C)(C)C)c1)c1ccccc1Nc1cccc2c1sc1ccccc12. The Labute approximate surface area is 332 Å². The van der Waals surface area contributed by atoms with Crippen molar-refractivity contribution in [3.63, 3.8) is 0 Å². The number of rotatable bonds is 7. The van der Waals surface area contributed by atoms with E-state index in [4.69, 9.17) is 9.72 Å². The van der Waals surface area contributed by atoms with E-state index in [0.29, 0.717) is 0 Å². The molecule has 278 valence electrons. The van der Waals surface area contributed by atoms with Crippen LogP contribution in [0.25, 0.3) is 47.8 Å². The lowest BCUT2D eigenvalue weighted by molar-refractivity contribution is 0.479. The van der Waals surface area contributed by atoms with Crippen LogP contribution in [0.15, 0.2) is 146 Å². The quantitative estimate of drug-likeness (QED) is 0.176. The molecule has 0 spiro atoms. The van der Waals surface area contributed by atoms with E-state index in [1.807, 2.05) is 17.5 Å². The van der Waals surface area contributed by atoms with Crippen molar-refractivity contribution in [3.05, 3.63) is 157 Å². The van der Waals surface area contributed by atoms with Gasteiger partial charge in [0.15, 0.2) is 0 Å². The number of ether oxygens (including phenoxy) is 1. The minimum Gasteiger partial charge on any atom is -0.457 e. The van der Waals surface area contributed by atoms with Crippen LogP contribution in [0.3, 0.4) is 0 Å². The molecule has 0 amide bonds. The van der Waals surface area contributed by atoms with Gasteiger partial charge in [0.25, 0.3) is 0 Å². The van der Waals surface area contributed by atoms with Gasteiger partial charge in [0, 0.05) is 57.3 Å². The number of hydrogen-bond donors (Lipinski definition) is 1. The van der Waals surface area contributed by atoms with E-state index in [0.717, 1.165) is 56.5 Å². The molecule has 0 aliphatic rings. The molecule has 0 atom stereocenters. The lowest BCUT2D eigenvalue weighted by Crippen LogP contribution is -2.15. The van der Waals surface area contributed by atoms with Gasteiger partial charge in [-0.1, -0.05) is 102 Å². The zero-order valence-electron chi connectivity index (χ0n) is 33.0. The normalized spacial score (nSPS) is 12.2. The molecule has 5 nitrogen and oxygen atoms in total. The van der Waals surface area contributed by atoms with Crippen molar-refractivity contribution in [2.75, 3.05) is 17.3 Å². The van der Waals surface area contributed by atoms with E-state index in [1.165, 1.54) is 36.7 Å². The molecule has 6 heteroatoms. The first-order chi connectivity index (χ1) is 26.9. The average molecular weight is 751 g/mol. The maximum Gasteiger partial charge on any atom is 0.137 e. The molecule has 9 rings (SSSR count). The van der Waals surface area contributed by atoms with Crippen LogP contribution in [0.2, 0.25) is 0 Å². The predicted octanol–water partition coefficient (Wildman–Crippen LogP) is 14.4. The van der Waals surface area contributed by atoms with E-state index in [9.17, 15) is 0 Å². The Bertz CT molecular complexity index is 2920. The van der Waals surface area contributed by atoms with Crippen molar-refractivity contribution in [1.29, 1.82) is 0 Å². The zero-order chi connectivity index (χ0) is 38.8. The van der Waals surface area contributed by atoms with Crippen LogP contribution >= 0.6 is 11.3 Å². The van der Waals surface area contributed by atoms with Crippen LogP contribution < -0.4 is 15.0 Å². The molecule has 1 N–H and O–H groups in total. The molecule has 56 heavy (non-hydrogen) atoms. The van der Waals surface area contributed by atoms with Gasteiger partial charge in [-0.15, -0.1) is 11.3 Å². The molecule has 0 aliphatic heterocycles. The minimum atomic E-state index is -0.107. The number of para-hydroxylation sites is 3. The summed E-state index contributed by atoms with van der Waals surface area (Å²) in [5.74, 6) is 2.46. The predicted molar refractivity (Wildman–Crippen MR) is 240 cm³/mol. The number of aromatic nitrogens is 2. The summed E-state index contributed by atoms with van der Waals surface area (Å²) in [7, 11) is 2.13. The highest BCUT2D eigenvalue weighted by molar-refractivity contribution is 7.26. The van der Waals surface area contributed by atoms with Crippen LogP contribution in [0, 0.1) is 0 Å². The summed E-state index contributed by atoms with van der Waals surface area (Å²) in [6.45, 7) is 13.5. The molecule has 0 saturated carbocycles. The molecule has 0 saturated heterocycles. The third kappa shape index (κ3) is 6.44. The van der Waals surface area contributed by atoms with E-state index in [2.05, 4.69) is 203 Å². The van der Waals surface area contributed by atoms with E-state index >= 15 is 0 Å². The molecular weight excluding hydrogens is 705 g/mol. The standard InChI is InChI=1S/C50H46N4OS/c1-49(2,3)32-25-26-51-47(29-32)54-43-20-11-8-15-37(43)38-24-23-35(31-45(38)54)55-36-28-33(50(4,5)6)27-34(30-36)53(7)44-21-12-10-18-41(44)52-42-19-14-17-40-39-16-9-13-22-46(39)56-48(40)42/h8-31,52H,1-7H3. The van der Waals surface area contributed by atoms with Gasteiger partial charge in [-0.25, -0.2) is 4.98 Å². The number of nitrogens with zero attached hydrogens (tertiary/aromatic N) is 3. The van der Waals surface area contributed by atoms with Gasteiger partial charge >= 0.3 is 0 Å². The molecule has 9 aromatic rings. The van der Waals surface area contributed by atoms with Crippen molar-refractivity contribution >= 4 is 76.1 Å². The summed E-state index contributed by atoms with van der Waals surface area (Å²) < 4.78 is 11.7.